The van der Waals surface area contributed by atoms with Crippen molar-refractivity contribution in [1.29, 1.82) is 0 Å². The quantitative estimate of drug-likeness (QED) is 0.529. The second-order valence-electron chi connectivity index (χ2n) is 9.59. The van der Waals surface area contributed by atoms with Crippen molar-refractivity contribution in [1.82, 2.24) is 4.98 Å². The van der Waals surface area contributed by atoms with Crippen LogP contribution in [0.25, 0.3) is 0 Å². The molecule has 0 N–H and O–H groups in total. The van der Waals surface area contributed by atoms with E-state index in [1.807, 2.05) is 37.4 Å². The van der Waals surface area contributed by atoms with Crippen molar-refractivity contribution in [2.45, 2.75) is 52.4 Å². The molecule has 1 aromatic carbocycles. The van der Waals surface area contributed by atoms with Gasteiger partial charge in [-0.05, 0) is 31.1 Å². The Morgan fingerprint density at radius 3 is 2.39 bits per heavy atom. The number of pyridine rings is 1. The molecule has 0 amide bonds. The van der Waals surface area contributed by atoms with E-state index in [0.717, 1.165) is 37.6 Å². The van der Waals surface area contributed by atoms with Gasteiger partial charge in [-0.3, -0.25) is 4.98 Å². The van der Waals surface area contributed by atoms with Crippen molar-refractivity contribution in [3.63, 3.8) is 0 Å². The number of halogens is 1. The van der Waals surface area contributed by atoms with Gasteiger partial charge in [-0.2, -0.15) is 0 Å². The van der Waals surface area contributed by atoms with Gasteiger partial charge in [0.25, 0.3) is 0 Å². The molecule has 3 rings (SSSR count). The van der Waals surface area contributed by atoms with Gasteiger partial charge in [0, 0.05) is 37.8 Å². The molecule has 0 radical (unpaired) electrons. The van der Waals surface area contributed by atoms with E-state index < -0.39 is 8.32 Å². The molecule has 1 saturated heterocycles. The molecule has 7 heteroatoms. The minimum atomic E-state index is -1.93. The lowest BCUT2D eigenvalue weighted by Crippen LogP contribution is -2.47. The molecule has 0 unspecified atom stereocenters. The van der Waals surface area contributed by atoms with Crippen LogP contribution in [-0.2, 0) is 11.0 Å². The summed E-state index contributed by atoms with van der Waals surface area (Å²) in [6.07, 6.45) is 3.59. The zero-order valence-electron chi connectivity index (χ0n) is 19.7. The maximum Gasteiger partial charge on any atom is 0.192 e. The van der Waals surface area contributed by atoms with Crippen molar-refractivity contribution < 1.29 is 13.6 Å². The van der Waals surface area contributed by atoms with Crippen molar-refractivity contribution in [3.05, 3.63) is 48.0 Å². The van der Waals surface area contributed by atoms with Gasteiger partial charge in [0.15, 0.2) is 14.1 Å². The normalized spacial score (nSPS) is 15.3. The Hall–Kier alpha value is -2.12. The minimum Gasteiger partial charge on any atom is -0.492 e. The number of anilines is 2. The van der Waals surface area contributed by atoms with Crippen molar-refractivity contribution in [2.24, 2.45) is 0 Å². The second-order valence-corrected chi connectivity index (χ2v) is 14.4. The van der Waals surface area contributed by atoms with Crippen LogP contribution in [-0.4, -0.2) is 46.1 Å². The molecule has 2 heterocycles. The molecule has 170 valence electrons. The third kappa shape index (κ3) is 5.57. The molecule has 1 aliphatic rings. The molecule has 5 nitrogen and oxygen atoms in total. The summed E-state index contributed by atoms with van der Waals surface area (Å²) in [7, 11) is -1.93. The Morgan fingerprint density at radius 2 is 1.74 bits per heavy atom. The third-order valence-electron chi connectivity index (χ3n) is 6.45. The van der Waals surface area contributed by atoms with Gasteiger partial charge >= 0.3 is 0 Å². The first-order valence-corrected chi connectivity index (χ1v) is 14.0. The Bertz CT molecular complexity index is 877. The van der Waals surface area contributed by atoms with Gasteiger partial charge in [0.1, 0.15) is 5.75 Å². The summed E-state index contributed by atoms with van der Waals surface area (Å²) in [4.78, 5) is 8.69. The Morgan fingerprint density at radius 1 is 1.06 bits per heavy atom. The summed E-state index contributed by atoms with van der Waals surface area (Å²) < 4.78 is 27.2. The number of nitrogens with zero attached hydrogens (tertiary/aromatic N) is 3. The van der Waals surface area contributed by atoms with Gasteiger partial charge < -0.3 is 19.0 Å². The van der Waals surface area contributed by atoms with Crippen LogP contribution in [0.5, 0.6) is 5.75 Å². The van der Waals surface area contributed by atoms with Crippen LogP contribution >= 0.6 is 0 Å². The smallest absolute Gasteiger partial charge is 0.192 e. The molecule has 0 bridgehead atoms. The predicted molar refractivity (Wildman–Crippen MR) is 128 cm³/mol. The van der Waals surface area contributed by atoms with Gasteiger partial charge in [-0.15, -0.1) is 0 Å². The molecule has 1 aliphatic heterocycles. The summed E-state index contributed by atoms with van der Waals surface area (Å²) >= 11 is 0. The lowest BCUT2D eigenvalue weighted by Gasteiger charge is -2.38. The minimum absolute atomic E-state index is 0.103. The van der Waals surface area contributed by atoms with E-state index in [4.69, 9.17) is 9.16 Å². The fourth-order valence-electron chi connectivity index (χ4n) is 3.43. The Balaban J connectivity index is 1.66. The number of hydrogen-bond donors (Lipinski definition) is 0. The number of piperazine rings is 1. The summed E-state index contributed by atoms with van der Waals surface area (Å²) in [6.45, 7) is 17.0. The first-order chi connectivity index (χ1) is 14.6. The number of rotatable bonds is 7. The Labute approximate surface area is 187 Å². The summed E-state index contributed by atoms with van der Waals surface area (Å²) in [5.41, 5.74) is 2.35. The highest BCUT2D eigenvalue weighted by Crippen LogP contribution is 2.37. The highest BCUT2D eigenvalue weighted by Gasteiger charge is 2.37. The SMILES string of the molecule is CCOc1cncc(N2CCN(c3cccc(CO[Si](C)(C)C(C)(C)C)c3F)CC2)c1. The van der Waals surface area contributed by atoms with Crippen LogP contribution in [0.4, 0.5) is 15.8 Å². The molecule has 0 atom stereocenters. The maximum atomic E-state index is 15.3. The summed E-state index contributed by atoms with van der Waals surface area (Å²) in [5.74, 6) is 0.623. The average molecular weight is 446 g/mol. The summed E-state index contributed by atoms with van der Waals surface area (Å²) in [5, 5.41) is 0.103. The van der Waals surface area contributed by atoms with Crippen LogP contribution in [0.1, 0.15) is 33.3 Å². The first kappa shape index (κ1) is 23.5. The molecule has 0 spiro atoms. The number of aromatic nitrogens is 1. The highest BCUT2D eigenvalue weighted by atomic mass is 28.4. The van der Waals surface area contributed by atoms with E-state index in [9.17, 15) is 0 Å². The van der Waals surface area contributed by atoms with E-state index in [1.165, 1.54) is 0 Å². The van der Waals surface area contributed by atoms with Crippen LogP contribution in [0.15, 0.2) is 36.7 Å². The molecular weight excluding hydrogens is 409 g/mol. The second kappa shape index (κ2) is 9.57. The zero-order valence-corrected chi connectivity index (χ0v) is 20.7. The van der Waals surface area contributed by atoms with Crippen LogP contribution in [0.2, 0.25) is 18.1 Å². The first-order valence-electron chi connectivity index (χ1n) is 11.1. The van der Waals surface area contributed by atoms with E-state index in [2.05, 4.69) is 48.6 Å². The fraction of sp³-hybridized carbons (Fsp3) is 0.542. The zero-order chi connectivity index (χ0) is 22.6. The molecule has 0 saturated carbocycles. The van der Waals surface area contributed by atoms with Crippen molar-refractivity contribution >= 4 is 19.7 Å². The van der Waals surface area contributed by atoms with E-state index in [1.54, 1.807) is 6.20 Å². The fourth-order valence-corrected chi connectivity index (χ4v) is 4.38. The predicted octanol–water partition coefficient (Wildman–Crippen LogP) is 5.47. The van der Waals surface area contributed by atoms with Crippen LogP contribution in [0, 0.1) is 5.82 Å². The Kier molecular flexibility index (Phi) is 7.26. The van der Waals surface area contributed by atoms with Gasteiger partial charge in [-0.25, -0.2) is 4.39 Å². The van der Waals surface area contributed by atoms with E-state index in [0.29, 0.717) is 24.5 Å². The summed E-state index contributed by atoms with van der Waals surface area (Å²) in [6, 6.07) is 7.67. The average Bonchev–Trinajstić information content (AvgIpc) is 2.73. The molecule has 1 fully saturated rings. The molecular formula is C24H36FN3O2Si. The largest absolute Gasteiger partial charge is 0.492 e. The molecule has 31 heavy (non-hydrogen) atoms. The van der Waals surface area contributed by atoms with Crippen molar-refractivity contribution in [3.8, 4) is 5.75 Å². The number of benzene rings is 1. The molecule has 2 aromatic rings. The lowest BCUT2D eigenvalue weighted by atomic mass is 10.1. The molecule has 0 aliphatic carbocycles. The highest BCUT2D eigenvalue weighted by molar-refractivity contribution is 6.74. The van der Waals surface area contributed by atoms with Crippen LogP contribution < -0.4 is 14.5 Å². The van der Waals surface area contributed by atoms with Crippen LogP contribution in [0.3, 0.4) is 0 Å². The lowest BCUT2D eigenvalue weighted by molar-refractivity contribution is 0.271. The van der Waals surface area contributed by atoms with Gasteiger partial charge in [0.05, 0.1) is 37.0 Å². The van der Waals surface area contributed by atoms with E-state index in [-0.39, 0.29) is 10.9 Å². The van der Waals surface area contributed by atoms with Gasteiger partial charge in [-0.1, -0.05) is 32.9 Å². The van der Waals surface area contributed by atoms with Gasteiger partial charge in [0.2, 0.25) is 0 Å². The number of hydrogen-bond acceptors (Lipinski definition) is 5. The maximum absolute atomic E-state index is 15.3. The van der Waals surface area contributed by atoms with E-state index >= 15 is 4.39 Å². The van der Waals surface area contributed by atoms with Crippen molar-refractivity contribution in [2.75, 3.05) is 42.6 Å². The molecule has 1 aromatic heterocycles. The number of ether oxygens (including phenoxy) is 1. The standard InChI is InChI=1S/C24H36FN3O2Si/c1-7-29-21-15-20(16-26-17-21)27-11-13-28(14-12-27)22-10-8-9-19(23(22)25)18-30-31(5,6)24(2,3)4/h8-10,15-17H,7,11-14,18H2,1-6H3. The third-order valence-corrected chi connectivity index (χ3v) is 10.9. The topological polar surface area (TPSA) is 37.8 Å². The monoisotopic (exact) mass is 445 g/mol.